The van der Waals surface area contributed by atoms with Gasteiger partial charge in [-0.2, -0.15) is 0 Å². The third-order valence-electron chi connectivity index (χ3n) is 3.84. The summed E-state index contributed by atoms with van der Waals surface area (Å²) in [5, 5.41) is 0. The quantitative estimate of drug-likeness (QED) is 0.476. The number of esters is 1. The molecule has 19 heavy (non-hydrogen) atoms. The van der Waals surface area contributed by atoms with E-state index in [1.807, 2.05) is 18.2 Å². The first-order valence-electron chi connectivity index (χ1n) is 6.56. The number of benzene rings is 1. The Balaban J connectivity index is 1.62. The zero-order valence-corrected chi connectivity index (χ0v) is 11.5. The molecule has 3 heterocycles. The second-order valence-electron chi connectivity index (χ2n) is 5.12. The molecule has 5 heteroatoms. The summed E-state index contributed by atoms with van der Waals surface area (Å²) in [6.45, 7) is 5.01. The van der Waals surface area contributed by atoms with Crippen LogP contribution in [0.1, 0.15) is 10.4 Å². The summed E-state index contributed by atoms with van der Waals surface area (Å²) in [4.78, 5) is 15.9. The van der Waals surface area contributed by atoms with Gasteiger partial charge in [-0.1, -0.05) is 29.8 Å². The number of alkyl halides is 1. The summed E-state index contributed by atoms with van der Waals surface area (Å²) in [5.74, 6) is -0.307. The maximum atomic E-state index is 11.9. The molecule has 0 radical (unpaired) electrons. The van der Waals surface area contributed by atoms with Gasteiger partial charge >= 0.3 is 5.97 Å². The molecule has 1 atom stereocenters. The second kappa shape index (κ2) is 5.12. The molecule has 0 spiro atoms. The minimum atomic E-state index is -0.555. The number of carbonyl (C=O) groups excluding carboxylic acids is 1. The highest BCUT2D eigenvalue weighted by atomic mass is 35.5. The SMILES string of the molecule is O=C(OCC1(Cl)CN2CCN1CC2)c1ccccc1. The molecule has 4 nitrogen and oxygen atoms in total. The van der Waals surface area contributed by atoms with E-state index in [0.29, 0.717) is 5.56 Å². The van der Waals surface area contributed by atoms with Crippen molar-refractivity contribution in [3.8, 4) is 0 Å². The van der Waals surface area contributed by atoms with Crippen molar-refractivity contribution in [1.82, 2.24) is 9.80 Å². The van der Waals surface area contributed by atoms with E-state index in [4.69, 9.17) is 16.3 Å². The monoisotopic (exact) mass is 280 g/mol. The maximum Gasteiger partial charge on any atom is 0.338 e. The third kappa shape index (κ3) is 2.61. The van der Waals surface area contributed by atoms with Crippen LogP contribution >= 0.6 is 11.6 Å². The smallest absolute Gasteiger partial charge is 0.338 e. The molecule has 102 valence electrons. The lowest BCUT2D eigenvalue weighted by atomic mass is 10.1. The molecule has 1 aromatic carbocycles. The lowest BCUT2D eigenvalue weighted by molar-refractivity contribution is -0.0422. The maximum absolute atomic E-state index is 11.9. The highest BCUT2D eigenvalue weighted by Crippen LogP contribution is 2.30. The molecule has 0 aliphatic carbocycles. The molecule has 3 saturated heterocycles. The van der Waals surface area contributed by atoms with Crippen molar-refractivity contribution in [1.29, 1.82) is 0 Å². The minimum Gasteiger partial charge on any atom is -0.459 e. The predicted octanol–water partition coefficient (Wildman–Crippen LogP) is 1.41. The van der Waals surface area contributed by atoms with E-state index in [2.05, 4.69) is 9.80 Å². The van der Waals surface area contributed by atoms with E-state index < -0.39 is 5.00 Å². The van der Waals surface area contributed by atoms with Gasteiger partial charge in [0.05, 0.1) is 5.56 Å². The van der Waals surface area contributed by atoms with Gasteiger partial charge in [0.25, 0.3) is 0 Å². The Kier molecular flexibility index (Phi) is 3.48. The Morgan fingerprint density at radius 2 is 1.89 bits per heavy atom. The van der Waals surface area contributed by atoms with Gasteiger partial charge in [-0.15, -0.1) is 0 Å². The van der Waals surface area contributed by atoms with Crippen molar-refractivity contribution in [2.24, 2.45) is 0 Å². The number of fused-ring (bicyclic) bond motifs is 3. The van der Waals surface area contributed by atoms with Gasteiger partial charge in [-0.05, 0) is 12.1 Å². The van der Waals surface area contributed by atoms with E-state index >= 15 is 0 Å². The summed E-state index contributed by atoms with van der Waals surface area (Å²) in [5.41, 5.74) is 0.569. The van der Waals surface area contributed by atoms with E-state index in [-0.39, 0.29) is 12.6 Å². The molecule has 0 N–H and O–H groups in total. The van der Waals surface area contributed by atoms with Gasteiger partial charge in [-0.3, -0.25) is 9.80 Å². The number of rotatable bonds is 3. The number of carbonyl (C=O) groups is 1. The summed E-state index contributed by atoms with van der Waals surface area (Å²) in [6, 6.07) is 9.02. The molecule has 3 aliphatic rings. The van der Waals surface area contributed by atoms with Crippen molar-refractivity contribution in [3.05, 3.63) is 35.9 Å². The van der Waals surface area contributed by atoms with E-state index in [1.54, 1.807) is 12.1 Å². The van der Waals surface area contributed by atoms with Gasteiger partial charge in [-0.25, -0.2) is 4.79 Å². The van der Waals surface area contributed by atoms with Crippen LogP contribution in [0.25, 0.3) is 0 Å². The van der Waals surface area contributed by atoms with Crippen LogP contribution in [0.5, 0.6) is 0 Å². The molecule has 0 amide bonds. The van der Waals surface area contributed by atoms with Gasteiger partial charge in [0, 0.05) is 32.7 Å². The summed E-state index contributed by atoms with van der Waals surface area (Å²) >= 11 is 6.61. The molecule has 0 aromatic heterocycles. The first-order valence-corrected chi connectivity index (χ1v) is 6.94. The fourth-order valence-electron chi connectivity index (χ4n) is 2.72. The summed E-state index contributed by atoms with van der Waals surface area (Å²) in [7, 11) is 0. The van der Waals surface area contributed by atoms with Crippen LogP contribution in [0.2, 0.25) is 0 Å². The van der Waals surface area contributed by atoms with Crippen LogP contribution in [-0.2, 0) is 4.74 Å². The van der Waals surface area contributed by atoms with Crippen LogP contribution in [-0.4, -0.2) is 60.1 Å². The lowest BCUT2D eigenvalue weighted by Gasteiger charge is -2.51. The van der Waals surface area contributed by atoms with Gasteiger partial charge in [0.15, 0.2) is 0 Å². The average molecular weight is 281 g/mol. The Morgan fingerprint density at radius 3 is 2.47 bits per heavy atom. The number of piperazine rings is 3. The van der Waals surface area contributed by atoms with Gasteiger partial charge in [0.2, 0.25) is 0 Å². The molecule has 1 aromatic rings. The molecule has 2 bridgehead atoms. The van der Waals surface area contributed by atoms with Crippen molar-refractivity contribution in [3.63, 3.8) is 0 Å². The van der Waals surface area contributed by atoms with Crippen molar-refractivity contribution in [2.75, 3.05) is 39.3 Å². The molecular formula is C14H17ClN2O2. The second-order valence-corrected chi connectivity index (χ2v) is 5.83. The van der Waals surface area contributed by atoms with Crippen molar-refractivity contribution < 1.29 is 9.53 Å². The highest BCUT2D eigenvalue weighted by Gasteiger charge is 2.44. The Labute approximate surface area is 117 Å². The number of hydrogen-bond donors (Lipinski definition) is 0. The third-order valence-corrected chi connectivity index (χ3v) is 4.31. The molecule has 4 rings (SSSR count). The first-order chi connectivity index (χ1) is 9.17. The van der Waals surface area contributed by atoms with Crippen LogP contribution in [0.3, 0.4) is 0 Å². The number of nitrogens with zero attached hydrogens (tertiary/aromatic N) is 2. The largest absolute Gasteiger partial charge is 0.459 e. The fourth-order valence-corrected chi connectivity index (χ4v) is 3.11. The molecule has 3 fully saturated rings. The lowest BCUT2D eigenvalue weighted by Crippen LogP contribution is -2.67. The zero-order valence-electron chi connectivity index (χ0n) is 10.7. The van der Waals surface area contributed by atoms with Crippen LogP contribution < -0.4 is 0 Å². The van der Waals surface area contributed by atoms with E-state index in [9.17, 15) is 4.79 Å². The van der Waals surface area contributed by atoms with Gasteiger partial charge in [0.1, 0.15) is 11.6 Å². The van der Waals surface area contributed by atoms with Gasteiger partial charge < -0.3 is 4.74 Å². The number of hydrogen-bond acceptors (Lipinski definition) is 4. The topological polar surface area (TPSA) is 32.8 Å². The highest BCUT2D eigenvalue weighted by molar-refractivity contribution is 6.24. The predicted molar refractivity (Wildman–Crippen MR) is 73.3 cm³/mol. The summed E-state index contributed by atoms with van der Waals surface area (Å²) in [6.07, 6.45) is 0. The standard InChI is InChI=1S/C14H17ClN2O2/c15-14(10-16-6-8-17(14)9-7-16)11-19-13(18)12-4-2-1-3-5-12/h1-5H,6-11H2. The van der Waals surface area contributed by atoms with E-state index in [1.165, 1.54) is 0 Å². The number of halogens is 1. The van der Waals surface area contributed by atoms with E-state index in [0.717, 1.165) is 32.7 Å². The normalized spacial score (nSPS) is 33.1. The molecule has 1 unspecified atom stereocenters. The molecule has 3 aliphatic heterocycles. The first kappa shape index (κ1) is 12.9. The van der Waals surface area contributed by atoms with Crippen LogP contribution in [0.15, 0.2) is 30.3 Å². The zero-order chi connectivity index (χ0) is 13.3. The van der Waals surface area contributed by atoms with Crippen LogP contribution in [0, 0.1) is 0 Å². The molecule has 0 saturated carbocycles. The molecular weight excluding hydrogens is 264 g/mol. The van der Waals surface area contributed by atoms with Crippen LogP contribution in [0.4, 0.5) is 0 Å². The fraction of sp³-hybridized carbons (Fsp3) is 0.500. The minimum absolute atomic E-state index is 0.235. The van der Waals surface area contributed by atoms with Crippen molar-refractivity contribution >= 4 is 17.6 Å². The Morgan fingerprint density at radius 1 is 1.21 bits per heavy atom. The summed E-state index contributed by atoms with van der Waals surface area (Å²) < 4.78 is 5.38. The Hall–Kier alpha value is -1.10. The number of ether oxygens (including phenoxy) is 1. The van der Waals surface area contributed by atoms with Crippen molar-refractivity contribution in [2.45, 2.75) is 5.00 Å². The Bertz CT molecular complexity index is 460. The average Bonchev–Trinajstić information content (AvgIpc) is 2.47.